The van der Waals surface area contributed by atoms with Crippen LogP contribution in [0.5, 0.6) is 0 Å². The van der Waals surface area contributed by atoms with E-state index in [-0.39, 0.29) is 11.9 Å². The lowest BCUT2D eigenvalue weighted by Gasteiger charge is -2.14. The Hall–Kier alpha value is -1.38. The normalized spacial score (nSPS) is 12.5. The molecule has 0 saturated carbocycles. The molecule has 0 spiro atoms. The predicted octanol–water partition coefficient (Wildman–Crippen LogP) is 4.14. The van der Waals surface area contributed by atoms with Gasteiger partial charge in [0.15, 0.2) is 0 Å². The molecule has 0 bridgehead atoms. The van der Waals surface area contributed by atoms with Crippen molar-refractivity contribution < 1.29 is 4.39 Å². The highest BCUT2D eigenvalue weighted by atomic mass is 35.5. The van der Waals surface area contributed by atoms with Crippen molar-refractivity contribution in [3.63, 3.8) is 0 Å². The summed E-state index contributed by atoms with van der Waals surface area (Å²) in [5.41, 5.74) is 9.67. The van der Waals surface area contributed by atoms with Gasteiger partial charge in [-0.05, 0) is 54.3 Å². The van der Waals surface area contributed by atoms with E-state index in [1.54, 1.807) is 19.1 Å². The fraction of sp³-hybridized carbons (Fsp3) is 0.200. The zero-order valence-corrected chi connectivity index (χ0v) is 11.1. The van der Waals surface area contributed by atoms with Crippen LogP contribution in [0.15, 0.2) is 36.4 Å². The number of benzene rings is 2. The average molecular weight is 264 g/mol. The first-order valence-corrected chi connectivity index (χ1v) is 6.14. The van der Waals surface area contributed by atoms with E-state index in [0.29, 0.717) is 10.6 Å². The molecule has 0 amide bonds. The lowest BCUT2D eigenvalue weighted by atomic mass is 9.97. The van der Waals surface area contributed by atoms with Gasteiger partial charge in [-0.15, -0.1) is 0 Å². The Kier molecular flexibility index (Phi) is 3.69. The van der Waals surface area contributed by atoms with Gasteiger partial charge in [0.2, 0.25) is 0 Å². The molecule has 2 aromatic carbocycles. The zero-order chi connectivity index (χ0) is 13.3. The number of aryl methyl sites for hydroxylation is 2. The van der Waals surface area contributed by atoms with E-state index in [1.165, 1.54) is 6.07 Å². The first-order valence-electron chi connectivity index (χ1n) is 5.76. The summed E-state index contributed by atoms with van der Waals surface area (Å²) >= 11 is 6.02. The molecule has 94 valence electrons. The lowest BCUT2D eigenvalue weighted by Crippen LogP contribution is -2.12. The topological polar surface area (TPSA) is 26.0 Å². The number of hydrogen-bond acceptors (Lipinski definition) is 1. The van der Waals surface area contributed by atoms with E-state index in [0.717, 1.165) is 16.7 Å². The van der Waals surface area contributed by atoms with Crippen LogP contribution in [0.4, 0.5) is 4.39 Å². The van der Waals surface area contributed by atoms with Gasteiger partial charge in [0.05, 0.1) is 6.04 Å². The average Bonchev–Trinajstić information content (AvgIpc) is 2.30. The standard InChI is InChI=1S/C15H15ClFN/c1-9-5-12(8-13(16)6-9)15(18)11-3-4-14(17)10(2)7-11/h3-8,15H,18H2,1-2H3. The number of rotatable bonds is 2. The maximum absolute atomic E-state index is 13.2. The summed E-state index contributed by atoms with van der Waals surface area (Å²) in [6, 6.07) is 10.4. The van der Waals surface area contributed by atoms with Gasteiger partial charge in [-0.2, -0.15) is 0 Å². The molecule has 0 aliphatic rings. The molecule has 0 heterocycles. The summed E-state index contributed by atoms with van der Waals surface area (Å²) in [5.74, 6) is -0.215. The molecule has 0 aliphatic carbocycles. The van der Waals surface area contributed by atoms with Gasteiger partial charge in [0, 0.05) is 5.02 Å². The Morgan fingerprint density at radius 1 is 1.06 bits per heavy atom. The van der Waals surface area contributed by atoms with Crippen molar-refractivity contribution >= 4 is 11.6 Å². The molecule has 1 unspecified atom stereocenters. The summed E-state index contributed by atoms with van der Waals surface area (Å²) < 4.78 is 13.2. The van der Waals surface area contributed by atoms with Crippen molar-refractivity contribution in [2.75, 3.05) is 0 Å². The van der Waals surface area contributed by atoms with Crippen LogP contribution in [0.1, 0.15) is 28.3 Å². The predicted molar refractivity (Wildman–Crippen MR) is 73.4 cm³/mol. The van der Waals surface area contributed by atoms with Crippen LogP contribution in [-0.2, 0) is 0 Å². The van der Waals surface area contributed by atoms with Crippen molar-refractivity contribution in [3.8, 4) is 0 Å². The minimum atomic E-state index is -0.290. The van der Waals surface area contributed by atoms with Crippen LogP contribution in [0.25, 0.3) is 0 Å². The maximum atomic E-state index is 13.2. The van der Waals surface area contributed by atoms with Crippen LogP contribution in [-0.4, -0.2) is 0 Å². The molecule has 3 heteroatoms. The third kappa shape index (κ3) is 2.71. The van der Waals surface area contributed by atoms with E-state index in [4.69, 9.17) is 17.3 Å². The van der Waals surface area contributed by atoms with E-state index in [9.17, 15) is 4.39 Å². The minimum Gasteiger partial charge on any atom is -0.320 e. The van der Waals surface area contributed by atoms with E-state index < -0.39 is 0 Å². The molecule has 0 aliphatic heterocycles. The van der Waals surface area contributed by atoms with Gasteiger partial charge >= 0.3 is 0 Å². The molecule has 0 fully saturated rings. The Morgan fingerprint density at radius 2 is 1.78 bits per heavy atom. The highest BCUT2D eigenvalue weighted by molar-refractivity contribution is 6.30. The highest BCUT2D eigenvalue weighted by Crippen LogP contribution is 2.25. The van der Waals surface area contributed by atoms with Crippen LogP contribution >= 0.6 is 11.6 Å². The third-order valence-corrected chi connectivity index (χ3v) is 3.18. The van der Waals surface area contributed by atoms with Gasteiger partial charge in [0.25, 0.3) is 0 Å². The fourth-order valence-corrected chi connectivity index (χ4v) is 2.30. The summed E-state index contributed by atoms with van der Waals surface area (Å²) in [5, 5.41) is 0.666. The fourth-order valence-electron chi connectivity index (χ4n) is 2.00. The highest BCUT2D eigenvalue weighted by Gasteiger charge is 2.11. The van der Waals surface area contributed by atoms with Crippen molar-refractivity contribution in [1.29, 1.82) is 0 Å². The molecule has 2 aromatic rings. The number of nitrogens with two attached hydrogens (primary N) is 1. The van der Waals surface area contributed by atoms with Crippen LogP contribution in [0, 0.1) is 19.7 Å². The largest absolute Gasteiger partial charge is 0.320 e. The smallest absolute Gasteiger partial charge is 0.126 e. The molecule has 1 atom stereocenters. The SMILES string of the molecule is Cc1cc(Cl)cc(C(N)c2ccc(F)c(C)c2)c1. The van der Waals surface area contributed by atoms with Crippen molar-refractivity contribution in [1.82, 2.24) is 0 Å². The van der Waals surface area contributed by atoms with Crippen LogP contribution in [0.2, 0.25) is 5.02 Å². The maximum Gasteiger partial charge on any atom is 0.126 e. The Balaban J connectivity index is 2.40. The summed E-state index contributed by atoms with van der Waals surface area (Å²) in [4.78, 5) is 0. The Morgan fingerprint density at radius 3 is 2.39 bits per heavy atom. The second-order valence-corrected chi connectivity index (χ2v) is 4.98. The molecule has 18 heavy (non-hydrogen) atoms. The van der Waals surface area contributed by atoms with Crippen molar-refractivity contribution in [2.24, 2.45) is 5.73 Å². The molecule has 0 aromatic heterocycles. The molecule has 0 radical (unpaired) electrons. The van der Waals surface area contributed by atoms with Gasteiger partial charge in [-0.3, -0.25) is 0 Å². The second-order valence-electron chi connectivity index (χ2n) is 4.55. The monoisotopic (exact) mass is 263 g/mol. The molecule has 2 N–H and O–H groups in total. The lowest BCUT2D eigenvalue weighted by molar-refractivity contribution is 0.617. The van der Waals surface area contributed by atoms with Crippen LogP contribution < -0.4 is 5.73 Å². The van der Waals surface area contributed by atoms with E-state index in [1.807, 2.05) is 25.1 Å². The van der Waals surface area contributed by atoms with E-state index in [2.05, 4.69) is 0 Å². The van der Waals surface area contributed by atoms with Crippen LogP contribution in [0.3, 0.4) is 0 Å². The zero-order valence-electron chi connectivity index (χ0n) is 10.4. The van der Waals surface area contributed by atoms with Gasteiger partial charge in [-0.25, -0.2) is 4.39 Å². The first kappa shape index (κ1) is 13.1. The number of halogens is 2. The molecular weight excluding hydrogens is 249 g/mol. The van der Waals surface area contributed by atoms with Crippen molar-refractivity contribution in [3.05, 3.63) is 69.5 Å². The summed E-state index contributed by atoms with van der Waals surface area (Å²) in [7, 11) is 0. The van der Waals surface area contributed by atoms with Gasteiger partial charge in [-0.1, -0.05) is 29.8 Å². The van der Waals surface area contributed by atoms with E-state index >= 15 is 0 Å². The summed E-state index contributed by atoms with van der Waals surface area (Å²) in [6.45, 7) is 3.70. The molecular formula is C15H15ClFN. The molecule has 1 nitrogen and oxygen atoms in total. The molecule has 0 saturated heterocycles. The first-order chi connectivity index (χ1) is 8.47. The van der Waals surface area contributed by atoms with Gasteiger partial charge in [0.1, 0.15) is 5.82 Å². The Bertz CT molecular complexity index is 560. The Labute approximate surface area is 111 Å². The minimum absolute atomic E-state index is 0.215. The third-order valence-electron chi connectivity index (χ3n) is 2.96. The molecule has 2 rings (SSSR count). The van der Waals surface area contributed by atoms with Gasteiger partial charge < -0.3 is 5.73 Å². The number of hydrogen-bond donors (Lipinski definition) is 1. The quantitative estimate of drug-likeness (QED) is 0.866. The second kappa shape index (κ2) is 5.09. The van der Waals surface area contributed by atoms with Crippen molar-refractivity contribution in [2.45, 2.75) is 19.9 Å². The summed E-state index contributed by atoms with van der Waals surface area (Å²) in [6.07, 6.45) is 0.